The summed E-state index contributed by atoms with van der Waals surface area (Å²) in [5, 5.41) is 5.10. The monoisotopic (exact) mass is 256 g/mol. The zero-order valence-electron chi connectivity index (χ0n) is 10.8. The van der Waals surface area contributed by atoms with Gasteiger partial charge in [0.05, 0.1) is 6.04 Å². The molecule has 3 rings (SSSR count). The van der Waals surface area contributed by atoms with Crippen LogP contribution in [0.1, 0.15) is 5.69 Å². The maximum absolute atomic E-state index is 10.8. The SMILES string of the molecule is Cc1nccc2c(N3CC(NC(N)=O)C3)cccc12. The molecule has 0 saturated carbocycles. The topological polar surface area (TPSA) is 71.2 Å². The van der Waals surface area contributed by atoms with E-state index < -0.39 is 6.03 Å². The molecule has 1 aromatic heterocycles. The molecule has 0 spiro atoms. The lowest BCUT2D eigenvalue weighted by atomic mass is 10.0. The molecule has 98 valence electrons. The van der Waals surface area contributed by atoms with Gasteiger partial charge in [-0.25, -0.2) is 4.79 Å². The maximum atomic E-state index is 10.8. The van der Waals surface area contributed by atoms with Crippen LogP contribution in [0.2, 0.25) is 0 Å². The lowest BCUT2D eigenvalue weighted by Crippen LogP contribution is -2.60. The second-order valence-electron chi connectivity index (χ2n) is 4.88. The lowest BCUT2D eigenvalue weighted by Gasteiger charge is -2.41. The molecule has 1 aliphatic rings. The zero-order valence-corrected chi connectivity index (χ0v) is 10.8. The number of anilines is 1. The number of nitrogens with two attached hydrogens (primary N) is 1. The van der Waals surface area contributed by atoms with Crippen LogP contribution in [0.25, 0.3) is 10.8 Å². The number of pyridine rings is 1. The summed E-state index contributed by atoms with van der Waals surface area (Å²) in [7, 11) is 0. The maximum Gasteiger partial charge on any atom is 0.312 e. The van der Waals surface area contributed by atoms with E-state index in [1.165, 1.54) is 16.5 Å². The van der Waals surface area contributed by atoms with Gasteiger partial charge in [-0.05, 0) is 19.1 Å². The molecule has 1 aromatic carbocycles. The summed E-state index contributed by atoms with van der Waals surface area (Å²) in [6, 6.07) is 7.95. The van der Waals surface area contributed by atoms with Crippen molar-refractivity contribution in [3.8, 4) is 0 Å². The number of amides is 2. The first-order valence-corrected chi connectivity index (χ1v) is 6.30. The molecule has 1 fully saturated rings. The number of carbonyl (C=O) groups is 1. The zero-order chi connectivity index (χ0) is 13.4. The van der Waals surface area contributed by atoms with Crippen molar-refractivity contribution in [2.45, 2.75) is 13.0 Å². The van der Waals surface area contributed by atoms with Gasteiger partial charge in [0.1, 0.15) is 0 Å². The molecular weight excluding hydrogens is 240 g/mol. The van der Waals surface area contributed by atoms with Crippen molar-refractivity contribution in [3.63, 3.8) is 0 Å². The predicted octanol–water partition coefficient (Wildman–Crippen LogP) is 1.40. The summed E-state index contributed by atoms with van der Waals surface area (Å²) in [6.07, 6.45) is 1.83. The molecule has 3 N–H and O–H groups in total. The molecule has 2 aromatic rings. The minimum absolute atomic E-state index is 0.149. The number of fused-ring (bicyclic) bond motifs is 1. The Morgan fingerprint density at radius 1 is 1.37 bits per heavy atom. The Hall–Kier alpha value is -2.30. The van der Waals surface area contributed by atoms with Crippen LogP contribution in [0.3, 0.4) is 0 Å². The highest BCUT2D eigenvalue weighted by Crippen LogP contribution is 2.30. The van der Waals surface area contributed by atoms with Crippen molar-refractivity contribution in [2.75, 3.05) is 18.0 Å². The normalized spacial score (nSPS) is 15.3. The quantitative estimate of drug-likeness (QED) is 0.853. The van der Waals surface area contributed by atoms with Crippen molar-refractivity contribution < 1.29 is 4.79 Å². The standard InChI is InChI=1S/C14H16N4O/c1-9-11-3-2-4-13(12(11)5-6-16-9)18-7-10(8-18)17-14(15)19/h2-6,10H,7-8H2,1H3,(H3,15,17,19). The fourth-order valence-corrected chi connectivity index (χ4v) is 2.58. The van der Waals surface area contributed by atoms with Crippen molar-refractivity contribution in [1.82, 2.24) is 10.3 Å². The van der Waals surface area contributed by atoms with E-state index in [2.05, 4.69) is 27.3 Å². The van der Waals surface area contributed by atoms with Crippen LogP contribution in [0.4, 0.5) is 10.5 Å². The van der Waals surface area contributed by atoms with E-state index in [1.54, 1.807) is 0 Å². The van der Waals surface area contributed by atoms with Gasteiger partial charge in [0.15, 0.2) is 0 Å². The Kier molecular flexibility index (Phi) is 2.74. The number of hydrogen-bond acceptors (Lipinski definition) is 3. The predicted molar refractivity (Wildman–Crippen MR) is 75.2 cm³/mol. The van der Waals surface area contributed by atoms with E-state index >= 15 is 0 Å². The molecule has 0 bridgehead atoms. The van der Waals surface area contributed by atoms with Gasteiger partial charge in [-0.2, -0.15) is 0 Å². The second-order valence-corrected chi connectivity index (χ2v) is 4.88. The van der Waals surface area contributed by atoms with Crippen LogP contribution in [0.15, 0.2) is 30.5 Å². The molecule has 2 amide bonds. The van der Waals surface area contributed by atoms with Gasteiger partial charge in [0.2, 0.25) is 0 Å². The van der Waals surface area contributed by atoms with Crippen LogP contribution in [0.5, 0.6) is 0 Å². The molecule has 0 radical (unpaired) electrons. The third-order valence-electron chi connectivity index (χ3n) is 3.55. The summed E-state index contributed by atoms with van der Waals surface area (Å²) in [6.45, 7) is 3.60. The van der Waals surface area contributed by atoms with Crippen molar-refractivity contribution in [1.29, 1.82) is 0 Å². The van der Waals surface area contributed by atoms with Crippen LogP contribution in [-0.2, 0) is 0 Å². The Morgan fingerprint density at radius 2 is 2.16 bits per heavy atom. The van der Waals surface area contributed by atoms with Gasteiger partial charge < -0.3 is 16.0 Å². The number of aryl methyl sites for hydroxylation is 1. The van der Waals surface area contributed by atoms with Gasteiger partial charge in [0.25, 0.3) is 0 Å². The largest absolute Gasteiger partial charge is 0.367 e. The van der Waals surface area contributed by atoms with E-state index in [1.807, 2.05) is 25.3 Å². The number of nitrogens with zero attached hydrogens (tertiary/aromatic N) is 2. The molecule has 19 heavy (non-hydrogen) atoms. The van der Waals surface area contributed by atoms with Crippen LogP contribution >= 0.6 is 0 Å². The summed E-state index contributed by atoms with van der Waals surface area (Å²) >= 11 is 0. The van der Waals surface area contributed by atoms with E-state index in [9.17, 15) is 4.79 Å². The number of aromatic nitrogens is 1. The highest BCUT2D eigenvalue weighted by molar-refractivity contribution is 5.95. The molecule has 1 aliphatic heterocycles. The Bertz CT molecular complexity index is 634. The van der Waals surface area contributed by atoms with Gasteiger partial charge in [-0.15, -0.1) is 0 Å². The van der Waals surface area contributed by atoms with Gasteiger partial charge in [0, 0.05) is 41.4 Å². The number of rotatable bonds is 2. The lowest BCUT2D eigenvalue weighted by molar-refractivity contribution is 0.242. The average Bonchev–Trinajstić information content (AvgIpc) is 2.33. The van der Waals surface area contributed by atoms with E-state index in [0.29, 0.717) is 0 Å². The summed E-state index contributed by atoms with van der Waals surface area (Å²) in [5.74, 6) is 0. The number of benzene rings is 1. The first kappa shape index (κ1) is 11.8. The summed E-state index contributed by atoms with van der Waals surface area (Å²) < 4.78 is 0. The molecule has 5 nitrogen and oxygen atoms in total. The number of primary amides is 1. The number of carbonyl (C=O) groups excluding carboxylic acids is 1. The number of hydrogen-bond donors (Lipinski definition) is 2. The molecule has 5 heteroatoms. The summed E-state index contributed by atoms with van der Waals surface area (Å²) in [5.41, 5.74) is 7.34. The van der Waals surface area contributed by atoms with E-state index in [0.717, 1.165) is 18.8 Å². The summed E-state index contributed by atoms with van der Waals surface area (Å²) in [4.78, 5) is 17.3. The number of urea groups is 1. The smallest absolute Gasteiger partial charge is 0.312 e. The second kappa shape index (κ2) is 4.42. The van der Waals surface area contributed by atoms with Gasteiger partial charge in [-0.3, -0.25) is 4.98 Å². The number of nitrogens with one attached hydrogen (secondary N) is 1. The van der Waals surface area contributed by atoms with Crippen molar-refractivity contribution in [3.05, 3.63) is 36.2 Å². The van der Waals surface area contributed by atoms with Crippen molar-refractivity contribution in [2.24, 2.45) is 5.73 Å². The van der Waals surface area contributed by atoms with Crippen LogP contribution in [0, 0.1) is 6.92 Å². The minimum atomic E-state index is -0.456. The first-order valence-electron chi connectivity index (χ1n) is 6.30. The molecule has 2 heterocycles. The average molecular weight is 256 g/mol. The van der Waals surface area contributed by atoms with E-state index in [4.69, 9.17) is 5.73 Å². The van der Waals surface area contributed by atoms with Gasteiger partial charge in [-0.1, -0.05) is 12.1 Å². The molecular formula is C14H16N4O. The van der Waals surface area contributed by atoms with Crippen LogP contribution < -0.4 is 16.0 Å². The molecule has 0 aliphatic carbocycles. The highest BCUT2D eigenvalue weighted by Gasteiger charge is 2.28. The highest BCUT2D eigenvalue weighted by atomic mass is 16.2. The molecule has 1 saturated heterocycles. The van der Waals surface area contributed by atoms with E-state index in [-0.39, 0.29) is 6.04 Å². The third kappa shape index (κ3) is 2.07. The minimum Gasteiger partial charge on any atom is -0.367 e. The Balaban J connectivity index is 1.87. The van der Waals surface area contributed by atoms with Crippen molar-refractivity contribution >= 4 is 22.5 Å². The first-order chi connectivity index (χ1) is 9.15. The van der Waals surface area contributed by atoms with Crippen LogP contribution in [-0.4, -0.2) is 30.1 Å². The Labute approximate surface area is 111 Å². The fourth-order valence-electron chi connectivity index (χ4n) is 2.58. The van der Waals surface area contributed by atoms with Gasteiger partial charge >= 0.3 is 6.03 Å². The molecule has 0 atom stereocenters. The molecule has 0 unspecified atom stereocenters. The third-order valence-corrected chi connectivity index (χ3v) is 3.55. The Morgan fingerprint density at radius 3 is 2.89 bits per heavy atom. The fraction of sp³-hybridized carbons (Fsp3) is 0.286.